The molecule has 0 saturated heterocycles. The zero-order valence-corrected chi connectivity index (χ0v) is 19.9. The summed E-state index contributed by atoms with van der Waals surface area (Å²) >= 11 is 0. The van der Waals surface area contributed by atoms with Gasteiger partial charge in [-0.15, -0.1) is 0 Å². The number of hydrogen-bond donors (Lipinski definition) is 3. The molecule has 8 heteroatoms. The lowest BCUT2D eigenvalue weighted by atomic mass is 10.0. The van der Waals surface area contributed by atoms with Gasteiger partial charge >= 0.3 is 0 Å². The fourth-order valence-electron chi connectivity index (χ4n) is 4.40. The summed E-state index contributed by atoms with van der Waals surface area (Å²) in [5, 5.41) is 12.8. The number of rotatable bonds is 8. The molecule has 0 radical (unpaired) electrons. The van der Waals surface area contributed by atoms with Crippen molar-refractivity contribution in [1.82, 2.24) is 9.55 Å². The molecule has 7 nitrogen and oxygen atoms in total. The fourth-order valence-corrected chi connectivity index (χ4v) is 5.58. The highest BCUT2D eigenvalue weighted by atomic mass is 32.2. The number of fused-ring (bicyclic) bond motifs is 2. The average molecular weight is 487 g/mol. The van der Waals surface area contributed by atoms with E-state index < -0.39 is 10.0 Å². The van der Waals surface area contributed by atoms with Crippen LogP contribution in [-0.2, 0) is 35.5 Å². The Morgan fingerprint density at radius 1 is 0.914 bits per heavy atom. The molecule has 5 aromatic rings. The van der Waals surface area contributed by atoms with Crippen LogP contribution in [0.1, 0.15) is 22.5 Å². The molecule has 0 spiro atoms. The number of sulfonamides is 1. The molecule has 0 aliphatic rings. The minimum Gasteiger partial charge on any atom is -0.390 e. The first-order valence-electron chi connectivity index (χ1n) is 11.3. The van der Waals surface area contributed by atoms with Gasteiger partial charge in [-0.3, -0.25) is 4.72 Å². The number of aliphatic hydroxyl groups is 1. The summed E-state index contributed by atoms with van der Waals surface area (Å²) in [6.07, 6.45) is 0. The Bertz CT molecular complexity index is 1610. The van der Waals surface area contributed by atoms with Crippen LogP contribution in [0, 0.1) is 0 Å². The van der Waals surface area contributed by atoms with E-state index >= 15 is 0 Å². The Balaban J connectivity index is 1.56. The molecule has 35 heavy (non-hydrogen) atoms. The van der Waals surface area contributed by atoms with Crippen molar-refractivity contribution >= 4 is 37.5 Å². The van der Waals surface area contributed by atoms with E-state index in [1.807, 2.05) is 77.4 Å². The number of aromatic nitrogens is 2. The van der Waals surface area contributed by atoms with Crippen LogP contribution in [0.2, 0.25) is 0 Å². The van der Waals surface area contributed by atoms with E-state index in [2.05, 4.69) is 9.71 Å². The summed E-state index contributed by atoms with van der Waals surface area (Å²) in [4.78, 5) is 4.68. The first kappa shape index (κ1) is 23.0. The Morgan fingerprint density at radius 2 is 1.69 bits per heavy atom. The molecule has 3 aromatic carbocycles. The standard InChI is InChI=1S/C27H26N4O3S/c28-15-23-11-10-21-14-25(17-32)31(27(21)29-23)16-22-13-24(12-20-8-4-5-9-26(20)22)30-35(33,34)18-19-6-2-1-3-7-19/h1-14,30,32H,15-18,28H2. The predicted molar refractivity (Wildman–Crippen MR) is 139 cm³/mol. The third kappa shape index (κ3) is 4.90. The summed E-state index contributed by atoms with van der Waals surface area (Å²) < 4.78 is 30.5. The second-order valence-corrected chi connectivity index (χ2v) is 10.2. The molecule has 0 aliphatic carbocycles. The van der Waals surface area contributed by atoms with Crippen LogP contribution in [-0.4, -0.2) is 23.1 Å². The van der Waals surface area contributed by atoms with Gasteiger partial charge in [0.1, 0.15) is 5.65 Å². The van der Waals surface area contributed by atoms with Gasteiger partial charge in [0.05, 0.1) is 24.6 Å². The highest BCUT2D eigenvalue weighted by molar-refractivity contribution is 7.91. The maximum Gasteiger partial charge on any atom is 0.236 e. The summed E-state index contributed by atoms with van der Waals surface area (Å²) in [6.45, 7) is 0.585. The SMILES string of the molecule is NCc1ccc2cc(CO)n(Cc3cc(NS(=O)(=O)Cc4ccccc4)cc4ccccc34)c2n1. The zero-order chi connectivity index (χ0) is 24.4. The van der Waals surface area contributed by atoms with Crippen molar-refractivity contribution in [2.24, 2.45) is 5.73 Å². The van der Waals surface area contributed by atoms with Gasteiger partial charge in [-0.2, -0.15) is 0 Å². The van der Waals surface area contributed by atoms with Gasteiger partial charge in [0.15, 0.2) is 0 Å². The van der Waals surface area contributed by atoms with Gasteiger partial charge < -0.3 is 15.4 Å². The number of benzene rings is 3. The summed E-state index contributed by atoms with van der Waals surface area (Å²) in [6, 6.07) is 26.4. The molecule has 178 valence electrons. The molecule has 5 rings (SSSR count). The smallest absolute Gasteiger partial charge is 0.236 e. The van der Waals surface area contributed by atoms with Crippen LogP contribution < -0.4 is 10.5 Å². The number of hydrogen-bond acceptors (Lipinski definition) is 5. The van der Waals surface area contributed by atoms with E-state index in [0.29, 0.717) is 24.3 Å². The predicted octanol–water partition coefficient (Wildman–Crippen LogP) is 4.13. The van der Waals surface area contributed by atoms with E-state index in [1.165, 1.54) is 0 Å². The summed E-state index contributed by atoms with van der Waals surface area (Å²) in [5.41, 5.74) is 10.1. The third-order valence-electron chi connectivity index (χ3n) is 6.01. The Labute approximate surface area is 203 Å². The number of nitrogens with zero attached hydrogens (tertiary/aromatic N) is 2. The van der Waals surface area contributed by atoms with Crippen molar-refractivity contribution in [3.63, 3.8) is 0 Å². The topological polar surface area (TPSA) is 110 Å². The molecule has 0 aliphatic heterocycles. The lowest BCUT2D eigenvalue weighted by Gasteiger charge is -2.15. The number of nitrogens with one attached hydrogen (secondary N) is 1. The van der Waals surface area contributed by atoms with Gasteiger partial charge in [-0.1, -0.05) is 54.6 Å². The molecular weight excluding hydrogens is 460 g/mol. The van der Waals surface area contributed by atoms with E-state index in [0.717, 1.165) is 38.8 Å². The number of nitrogens with two attached hydrogens (primary N) is 1. The van der Waals surface area contributed by atoms with Crippen molar-refractivity contribution < 1.29 is 13.5 Å². The first-order valence-corrected chi connectivity index (χ1v) is 13.0. The van der Waals surface area contributed by atoms with Crippen LogP contribution in [0.15, 0.2) is 84.9 Å². The fraction of sp³-hybridized carbons (Fsp3) is 0.148. The van der Waals surface area contributed by atoms with Crippen molar-refractivity contribution in [3.05, 3.63) is 107 Å². The number of anilines is 1. The number of aliphatic hydroxyl groups excluding tert-OH is 1. The van der Waals surface area contributed by atoms with Gasteiger partial charge in [-0.05, 0) is 52.2 Å². The molecule has 0 fully saturated rings. The highest BCUT2D eigenvalue weighted by Crippen LogP contribution is 2.28. The number of pyridine rings is 1. The Kier molecular flexibility index (Phi) is 6.25. The molecule has 0 bridgehead atoms. The maximum absolute atomic E-state index is 12.9. The van der Waals surface area contributed by atoms with Crippen molar-refractivity contribution in [2.45, 2.75) is 25.4 Å². The van der Waals surface area contributed by atoms with E-state index in [-0.39, 0.29) is 12.4 Å². The van der Waals surface area contributed by atoms with Crippen LogP contribution >= 0.6 is 0 Å². The van der Waals surface area contributed by atoms with Crippen molar-refractivity contribution in [2.75, 3.05) is 4.72 Å². The maximum atomic E-state index is 12.9. The molecular formula is C27H26N4O3S. The normalized spacial score (nSPS) is 11.8. The molecule has 2 heterocycles. The quantitative estimate of drug-likeness (QED) is 0.305. The second-order valence-electron chi connectivity index (χ2n) is 8.50. The minimum atomic E-state index is -3.61. The molecule has 4 N–H and O–H groups in total. The molecule has 0 saturated carbocycles. The molecule has 2 aromatic heterocycles. The van der Waals surface area contributed by atoms with E-state index in [1.54, 1.807) is 12.1 Å². The Hall–Kier alpha value is -3.72. The highest BCUT2D eigenvalue weighted by Gasteiger charge is 2.16. The minimum absolute atomic E-state index is 0.112. The monoisotopic (exact) mass is 486 g/mol. The van der Waals surface area contributed by atoms with Crippen LogP contribution in [0.3, 0.4) is 0 Å². The summed E-state index contributed by atoms with van der Waals surface area (Å²) in [5.74, 6) is -0.112. The second kappa shape index (κ2) is 9.50. The van der Waals surface area contributed by atoms with Crippen LogP contribution in [0.25, 0.3) is 21.8 Å². The van der Waals surface area contributed by atoms with Crippen LogP contribution in [0.5, 0.6) is 0 Å². The third-order valence-corrected chi connectivity index (χ3v) is 7.27. The first-order chi connectivity index (χ1) is 17.0. The molecule has 0 unspecified atom stereocenters. The molecule has 0 amide bonds. The van der Waals surface area contributed by atoms with Gasteiger partial charge in [0.25, 0.3) is 0 Å². The van der Waals surface area contributed by atoms with E-state index in [4.69, 9.17) is 5.73 Å². The zero-order valence-electron chi connectivity index (χ0n) is 19.1. The molecule has 0 atom stereocenters. The summed E-state index contributed by atoms with van der Waals surface area (Å²) in [7, 11) is -3.61. The van der Waals surface area contributed by atoms with Crippen molar-refractivity contribution in [1.29, 1.82) is 0 Å². The van der Waals surface area contributed by atoms with E-state index in [9.17, 15) is 13.5 Å². The van der Waals surface area contributed by atoms with Crippen LogP contribution in [0.4, 0.5) is 5.69 Å². The lowest BCUT2D eigenvalue weighted by molar-refractivity contribution is 0.272. The van der Waals surface area contributed by atoms with Gasteiger partial charge in [0, 0.05) is 23.3 Å². The average Bonchev–Trinajstić information content (AvgIpc) is 3.20. The van der Waals surface area contributed by atoms with Gasteiger partial charge in [0.2, 0.25) is 10.0 Å². The largest absolute Gasteiger partial charge is 0.390 e. The Morgan fingerprint density at radius 3 is 2.46 bits per heavy atom. The van der Waals surface area contributed by atoms with Gasteiger partial charge in [-0.25, -0.2) is 13.4 Å². The lowest BCUT2D eigenvalue weighted by Crippen LogP contribution is -2.15. The van der Waals surface area contributed by atoms with Crippen molar-refractivity contribution in [3.8, 4) is 0 Å².